The molecule has 1 saturated heterocycles. The van der Waals surface area contributed by atoms with E-state index < -0.39 is 0 Å². The molecule has 1 aliphatic heterocycles. The minimum absolute atomic E-state index is 0.328. The van der Waals surface area contributed by atoms with Gasteiger partial charge in [0.15, 0.2) is 5.82 Å². The zero-order valence-electron chi connectivity index (χ0n) is 13.2. The van der Waals surface area contributed by atoms with E-state index in [1.165, 1.54) is 12.1 Å². The zero-order valence-corrected chi connectivity index (χ0v) is 13.2. The molecule has 2 aromatic rings. The molecule has 0 spiro atoms. The van der Waals surface area contributed by atoms with Gasteiger partial charge in [0.05, 0.1) is 6.54 Å². The molecule has 7 nitrogen and oxygen atoms in total. The van der Waals surface area contributed by atoms with E-state index >= 15 is 0 Å². The van der Waals surface area contributed by atoms with Crippen molar-refractivity contribution in [3.8, 4) is 11.5 Å². The van der Waals surface area contributed by atoms with E-state index in [9.17, 15) is 9.18 Å². The van der Waals surface area contributed by atoms with Gasteiger partial charge in [0.2, 0.25) is 0 Å². The van der Waals surface area contributed by atoms with Gasteiger partial charge < -0.3 is 9.26 Å². The second kappa shape index (κ2) is 7.98. The summed E-state index contributed by atoms with van der Waals surface area (Å²) in [7, 11) is 0. The summed E-state index contributed by atoms with van der Waals surface area (Å²) >= 11 is 0. The number of carbonyl (C=O) groups excluding carboxylic acids is 1. The highest BCUT2D eigenvalue weighted by Crippen LogP contribution is 2.18. The smallest absolute Gasteiger partial charge is 0.293 e. The molecule has 0 unspecified atom stereocenters. The first-order valence-electron chi connectivity index (χ1n) is 7.83. The number of piperazine rings is 1. The third-order valence-corrected chi connectivity index (χ3v) is 3.96. The summed E-state index contributed by atoms with van der Waals surface area (Å²) in [6, 6.07) is 6.10. The summed E-state index contributed by atoms with van der Waals surface area (Å²) in [6.07, 6.45) is 0. The normalized spacial score (nSPS) is 16.2. The van der Waals surface area contributed by atoms with Crippen molar-refractivity contribution in [2.24, 2.45) is 0 Å². The average molecular weight is 334 g/mol. The van der Waals surface area contributed by atoms with Gasteiger partial charge in [0, 0.05) is 38.3 Å². The standard InChI is InChI=1S/C16H19FN4O3/c17-14-3-1-2-13(10-14)16-18-15(19-24-16)11-21-6-4-20(5-7-21)8-9-23-12-22/h1-3,10,12H,4-9,11H2. The van der Waals surface area contributed by atoms with Crippen LogP contribution in [0.3, 0.4) is 0 Å². The molecule has 128 valence electrons. The predicted octanol–water partition coefficient (Wildman–Crippen LogP) is 1.17. The van der Waals surface area contributed by atoms with Crippen LogP contribution in [0.1, 0.15) is 5.82 Å². The Morgan fingerprint density at radius 1 is 1.25 bits per heavy atom. The van der Waals surface area contributed by atoms with Crippen molar-refractivity contribution in [3.05, 3.63) is 35.9 Å². The lowest BCUT2D eigenvalue weighted by Crippen LogP contribution is -2.46. The molecule has 24 heavy (non-hydrogen) atoms. The maximum Gasteiger partial charge on any atom is 0.293 e. The number of hydrogen-bond donors (Lipinski definition) is 0. The third-order valence-electron chi connectivity index (χ3n) is 3.96. The fourth-order valence-corrected chi connectivity index (χ4v) is 2.66. The summed E-state index contributed by atoms with van der Waals surface area (Å²) in [5.74, 6) is 0.586. The summed E-state index contributed by atoms with van der Waals surface area (Å²) in [6.45, 7) is 5.80. The van der Waals surface area contributed by atoms with E-state index in [2.05, 4.69) is 19.9 Å². The highest BCUT2D eigenvalue weighted by molar-refractivity contribution is 5.52. The highest BCUT2D eigenvalue weighted by Gasteiger charge is 2.19. The molecule has 0 radical (unpaired) electrons. The minimum Gasteiger partial charge on any atom is -0.467 e. The molecule has 2 heterocycles. The Morgan fingerprint density at radius 3 is 2.79 bits per heavy atom. The SMILES string of the molecule is O=COCCN1CCN(Cc2noc(-c3cccc(F)c3)n2)CC1. The molecule has 0 N–H and O–H groups in total. The molecule has 0 atom stereocenters. The van der Waals surface area contributed by atoms with Gasteiger partial charge in [-0.2, -0.15) is 4.98 Å². The predicted molar refractivity (Wildman–Crippen MR) is 83.4 cm³/mol. The quantitative estimate of drug-likeness (QED) is 0.556. The van der Waals surface area contributed by atoms with E-state index in [4.69, 9.17) is 9.26 Å². The molecule has 1 fully saturated rings. The van der Waals surface area contributed by atoms with Crippen LogP contribution in [0.5, 0.6) is 0 Å². The van der Waals surface area contributed by atoms with Crippen LogP contribution in [0, 0.1) is 5.82 Å². The molecule has 0 aliphatic carbocycles. The lowest BCUT2D eigenvalue weighted by atomic mass is 10.2. The van der Waals surface area contributed by atoms with Crippen molar-refractivity contribution in [2.75, 3.05) is 39.3 Å². The Balaban J connectivity index is 1.50. The first kappa shape index (κ1) is 16.5. The summed E-state index contributed by atoms with van der Waals surface area (Å²) in [5.41, 5.74) is 0.578. The highest BCUT2D eigenvalue weighted by atomic mass is 19.1. The van der Waals surface area contributed by atoms with Crippen molar-refractivity contribution in [2.45, 2.75) is 6.54 Å². The van der Waals surface area contributed by atoms with E-state index in [-0.39, 0.29) is 5.82 Å². The molecule has 3 rings (SSSR count). The Kier molecular flexibility index (Phi) is 5.50. The Morgan fingerprint density at radius 2 is 2.04 bits per heavy atom. The number of carbonyl (C=O) groups is 1. The fraction of sp³-hybridized carbons (Fsp3) is 0.438. The van der Waals surface area contributed by atoms with Crippen molar-refractivity contribution in [1.82, 2.24) is 19.9 Å². The molecule has 8 heteroatoms. The van der Waals surface area contributed by atoms with E-state index in [0.717, 1.165) is 32.7 Å². The Labute approximate surface area is 139 Å². The molecule has 0 saturated carbocycles. The lowest BCUT2D eigenvalue weighted by Gasteiger charge is -2.33. The fourth-order valence-electron chi connectivity index (χ4n) is 2.66. The van der Waals surface area contributed by atoms with E-state index in [1.807, 2.05) is 0 Å². The zero-order chi connectivity index (χ0) is 16.8. The summed E-state index contributed by atoms with van der Waals surface area (Å²) in [4.78, 5) is 18.9. The number of benzene rings is 1. The third kappa shape index (κ3) is 4.36. The van der Waals surface area contributed by atoms with Gasteiger partial charge in [-0.05, 0) is 18.2 Å². The molecule has 1 aromatic heterocycles. The van der Waals surface area contributed by atoms with Crippen LogP contribution in [0.2, 0.25) is 0 Å². The van der Waals surface area contributed by atoms with Gasteiger partial charge >= 0.3 is 0 Å². The Hall–Kier alpha value is -2.32. The average Bonchev–Trinajstić information content (AvgIpc) is 3.05. The van der Waals surface area contributed by atoms with Gasteiger partial charge in [-0.1, -0.05) is 11.2 Å². The summed E-state index contributed by atoms with van der Waals surface area (Å²) in [5, 5.41) is 3.97. The van der Waals surface area contributed by atoms with Crippen LogP contribution < -0.4 is 0 Å². The number of rotatable bonds is 7. The Bertz CT molecular complexity index is 671. The number of halogens is 1. The van der Waals surface area contributed by atoms with Crippen LogP contribution in [-0.2, 0) is 16.1 Å². The number of ether oxygens (including phenoxy) is 1. The van der Waals surface area contributed by atoms with Gasteiger partial charge in [-0.3, -0.25) is 14.6 Å². The molecule has 1 aliphatic rings. The molecule has 0 bridgehead atoms. The summed E-state index contributed by atoms with van der Waals surface area (Å²) < 4.78 is 23.2. The van der Waals surface area contributed by atoms with Crippen LogP contribution >= 0.6 is 0 Å². The van der Waals surface area contributed by atoms with Crippen LogP contribution in [0.4, 0.5) is 4.39 Å². The van der Waals surface area contributed by atoms with Crippen molar-refractivity contribution < 1.29 is 18.4 Å². The van der Waals surface area contributed by atoms with Gasteiger partial charge in [0.25, 0.3) is 12.4 Å². The number of aromatic nitrogens is 2. The van der Waals surface area contributed by atoms with Crippen molar-refractivity contribution >= 4 is 6.47 Å². The second-order valence-corrected chi connectivity index (χ2v) is 5.61. The molecule has 0 amide bonds. The van der Waals surface area contributed by atoms with Crippen molar-refractivity contribution in [1.29, 1.82) is 0 Å². The van der Waals surface area contributed by atoms with Gasteiger partial charge in [-0.25, -0.2) is 4.39 Å². The van der Waals surface area contributed by atoms with E-state index in [0.29, 0.717) is 36.9 Å². The van der Waals surface area contributed by atoms with Crippen LogP contribution in [-0.4, -0.2) is 65.7 Å². The topological polar surface area (TPSA) is 71.7 Å². The second-order valence-electron chi connectivity index (χ2n) is 5.61. The van der Waals surface area contributed by atoms with Gasteiger partial charge in [-0.15, -0.1) is 0 Å². The maximum atomic E-state index is 13.2. The molecule has 1 aromatic carbocycles. The first-order chi connectivity index (χ1) is 11.7. The first-order valence-corrected chi connectivity index (χ1v) is 7.83. The number of nitrogens with zero attached hydrogens (tertiary/aromatic N) is 4. The number of hydrogen-bond acceptors (Lipinski definition) is 7. The lowest BCUT2D eigenvalue weighted by molar-refractivity contribution is -0.129. The maximum absolute atomic E-state index is 13.2. The monoisotopic (exact) mass is 334 g/mol. The largest absolute Gasteiger partial charge is 0.467 e. The van der Waals surface area contributed by atoms with Crippen LogP contribution in [0.25, 0.3) is 11.5 Å². The molecular weight excluding hydrogens is 315 g/mol. The van der Waals surface area contributed by atoms with Crippen LogP contribution in [0.15, 0.2) is 28.8 Å². The van der Waals surface area contributed by atoms with Gasteiger partial charge in [0.1, 0.15) is 12.4 Å². The van der Waals surface area contributed by atoms with E-state index in [1.54, 1.807) is 12.1 Å². The minimum atomic E-state index is -0.332. The van der Waals surface area contributed by atoms with Crippen molar-refractivity contribution in [3.63, 3.8) is 0 Å². The molecular formula is C16H19FN4O3.